The molecule has 2 amide bonds. The first-order valence-electron chi connectivity index (χ1n) is 7.44. The Labute approximate surface area is 139 Å². The van der Waals surface area contributed by atoms with Crippen molar-refractivity contribution in [2.45, 2.75) is 13.0 Å². The second-order valence-corrected chi connectivity index (χ2v) is 5.46. The van der Waals surface area contributed by atoms with Crippen molar-refractivity contribution in [2.75, 3.05) is 13.6 Å². The first kappa shape index (κ1) is 17.2. The largest absolute Gasteiger partial charge is 0.481 e. The topological polar surface area (TPSA) is 106 Å². The van der Waals surface area contributed by atoms with Crippen molar-refractivity contribution in [3.8, 4) is 6.07 Å². The predicted octanol–water partition coefficient (Wildman–Crippen LogP) is 1.99. The summed E-state index contributed by atoms with van der Waals surface area (Å²) in [5, 5.41) is 21.2. The molecular formula is C17H18N4O3. The van der Waals surface area contributed by atoms with E-state index < -0.39 is 11.9 Å². The number of hydrogen-bond donors (Lipinski definition) is 2. The fourth-order valence-electron chi connectivity index (χ4n) is 2.23. The van der Waals surface area contributed by atoms with Gasteiger partial charge in [0, 0.05) is 19.0 Å². The fraction of sp³-hybridized carbons (Fsp3) is 0.294. The number of para-hydroxylation sites is 1. The number of nitrogens with one attached hydrogen (secondary N) is 1. The number of nitrogens with zero attached hydrogens (tertiary/aromatic N) is 3. The van der Waals surface area contributed by atoms with Gasteiger partial charge in [-0.25, -0.2) is 4.79 Å². The minimum atomic E-state index is -1.07. The number of aromatic nitrogens is 1. The van der Waals surface area contributed by atoms with E-state index in [2.05, 4.69) is 10.3 Å². The summed E-state index contributed by atoms with van der Waals surface area (Å²) in [6.45, 7) is 0.309. The third-order valence-corrected chi connectivity index (χ3v) is 3.51. The maximum Gasteiger partial charge on any atom is 0.317 e. The van der Waals surface area contributed by atoms with Gasteiger partial charge in [-0.05, 0) is 12.1 Å². The van der Waals surface area contributed by atoms with Gasteiger partial charge in [-0.15, -0.1) is 0 Å². The van der Waals surface area contributed by atoms with Gasteiger partial charge in [0.15, 0.2) is 0 Å². The number of rotatable bonds is 6. The molecule has 0 fully saturated rings. The summed E-state index contributed by atoms with van der Waals surface area (Å²) >= 11 is 0. The van der Waals surface area contributed by atoms with Gasteiger partial charge in [0.25, 0.3) is 0 Å². The zero-order valence-corrected chi connectivity index (χ0v) is 13.3. The summed E-state index contributed by atoms with van der Waals surface area (Å²) < 4.78 is 0. The number of benzene rings is 1. The molecule has 0 radical (unpaired) electrons. The molecule has 124 valence electrons. The number of pyridine rings is 1. The van der Waals surface area contributed by atoms with Crippen LogP contribution in [0, 0.1) is 17.2 Å². The van der Waals surface area contributed by atoms with Gasteiger partial charge in [0.05, 0.1) is 36.2 Å². The van der Waals surface area contributed by atoms with Gasteiger partial charge in [-0.1, -0.05) is 24.3 Å². The van der Waals surface area contributed by atoms with Gasteiger partial charge in [-0.3, -0.25) is 9.78 Å². The molecule has 0 aliphatic rings. The van der Waals surface area contributed by atoms with Crippen LogP contribution >= 0.6 is 0 Å². The highest BCUT2D eigenvalue weighted by Crippen LogP contribution is 2.12. The molecule has 2 aromatic rings. The van der Waals surface area contributed by atoms with E-state index in [1.165, 1.54) is 4.90 Å². The SMILES string of the molecule is CN(Cc1ccc2ccccc2n1)C(=O)NCC(C#N)CC(=O)O. The molecule has 2 N–H and O–H groups in total. The number of nitriles is 1. The Bertz CT molecular complexity index is 785. The van der Waals surface area contributed by atoms with Crippen molar-refractivity contribution in [3.63, 3.8) is 0 Å². The van der Waals surface area contributed by atoms with Crippen LogP contribution < -0.4 is 5.32 Å². The number of fused-ring (bicyclic) bond motifs is 1. The summed E-state index contributed by atoms with van der Waals surface area (Å²) in [5.74, 6) is -1.82. The van der Waals surface area contributed by atoms with Crippen molar-refractivity contribution < 1.29 is 14.7 Å². The van der Waals surface area contributed by atoms with E-state index in [-0.39, 0.29) is 19.0 Å². The van der Waals surface area contributed by atoms with E-state index in [1.54, 1.807) is 7.05 Å². The second kappa shape index (κ2) is 7.92. The highest BCUT2D eigenvalue weighted by molar-refractivity contribution is 5.78. The van der Waals surface area contributed by atoms with E-state index in [0.717, 1.165) is 16.6 Å². The molecule has 0 spiro atoms. The lowest BCUT2D eigenvalue weighted by molar-refractivity contribution is -0.137. The minimum absolute atomic E-state index is 0.00285. The summed E-state index contributed by atoms with van der Waals surface area (Å²) in [7, 11) is 1.62. The maximum absolute atomic E-state index is 12.0. The highest BCUT2D eigenvalue weighted by atomic mass is 16.4. The van der Waals surface area contributed by atoms with Crippen molar-refractivity contribution in [3.05, 3.63) is 42.1 Å². The average molecular weight is 326 g/mol. The molecule has 24 heavy (non-hydrogen) atoms. The number of carboxylic acids is 1. The first-order chi connectivity index (χ1) is 11.5. The number of carboxylic acid groups (broad SMARTS) is 1. The Morgan fingerprint density at radius 2 is 2.08 bits per heavy atom. The smallest absolute Gasteiger partial charge is 0.317 e. The van der Waals surface area contributed by atoms with Crippen LogP contribution in [0.25, 0.3) is 10.9 Å². The Morgan fingerprint density at radius 3 is 2.79 bits per heavy atom. The molecule has 0 saturated carbocycles. The molecule has 1 aromatic carbocycles. The molecule has 0 bridgehead atoms. The van der Waals surface area contributed by atoms with E-state index in [1.807, 2.05) is 42.5 Å². The quantitative estimate of drug-likeness (QED) is 0.844. The molecule has 1 unspecified atom stereocenters. The molecule has 7 nitrogen and oxygen atoms in total. The summed E-state index contributed by atoms with van der Waals surface area (Å²) in [4.78, 5) is 28.6. The van der Waals surface area contributed by atoms with E-state index >= 15 is 0 Å². The zero-order valence-electron chi connectivity index (χ0n) is 13.3. The number of carbonyl (C=O) groups is 2. The molecular weight excluding hydrogens is 308 g/mol. The molecule has 1 atom stereocenters. The molecule has 0 saturated heterocycles. The number of aliphatic carboxylic acids is 1. The van der Waals surface area contributed by atoms with Crippen LogP contribution in [0.5, 0.6) is 0 Å². The minimum Gasteiger partial charge on any atom is -0.481 e. The Morgan fingerprint density at radius 1 is 1.33 bits per heavy atom. The van der Waals surface area contributed by atoms with E-state index in [4.69, 9.17) is 10.4 Å². The molecule has 2 rings (SSSR count). The lowest BCUT2D eigenvalue weighted by atomic mass is 10.1. The number of carbonyl (C=O) groups excluding carboxylic acids is 1. The van der Waals surface area contributed by atoms with Crippen molar-refractivity contribution in [1.82, 2.24) is 15.2 Å². The summed E-state index contributed by atoms with van der Waals surface area (Å²) in [5.41, 5.74) is 1.60. The average Bonchev–Trinajstić information content (AvgIpc) is 2.57. The van der Waals surface area contributed by atoms with Crippen LogP contribution in [0.4, 0.5) is 4.79 Å². The molecule has 1 heterocycles. The molecule has 7 heteroatoms. The van der Waals surface area contributed by atoms with Crippen LogP contribution in [0.2, 0.25) is 0 Å². The Balaban J connectivity index is 1.92. The van der Waals surface area contributed by atoms with Crippen LogP contribution in [-0.4, -0.2) is 40.6 Å². The van der Waals surface area contributed by atoms with Crippen molar-refractivity contribution in [1.29, 1.82) is 5.26 Å². The summed E-state index contributed by atoms with van der Waals surface area (Å²) in [6, 6.07) is 13.0. The molecule has 0 aliphatic heterocycles. The number of urea groups is 1. The predicted molar refractivity (Wildman–Crippen MR) is 88.0 cm³/mol. The number of amides is 2. The lowest BCUT2D eigenvalue weighted by Gasteiger charge is -2.18. The molecule has 1 aromatic heterocycles. The standard InChI is InChI=1S/C17H18N4O3/c1-21(17(24)19-10-12(9-18)8-16(22)23)11-14-7-6-13-4-2-3-5-15(13)20-14/h2-7,12H,8,10-11H2,1H3,(H,19,24)(H,22,23). The third kappa shape index (κ3) is 4.68. The van der Waals surface area contributed by atoms with Gasteiger partial charge in [0.2, 0.25) is 0 Å². The summed E-state index contributed by atoms with van der Waals surface area (Å²) in [6.07, 6.45) is -0.299. The Hall–Kier alpha value is -3.14. The lowest BCUT2D eigenvalue weighted by Crippen LogP contribution is -2.39. The Kier molecular flexibility index (Phi) is 5.68. The van der Waals surface area contributed by atoms with Crippen LogP contribution in [0.15, 0.2) is 36.4 Å². The second-order valence-electron chi connectivity index (χ2n) is 5.46. The zero-order chi connectivity index (χ0) is 17.5. The number of hydrogen-bond acceptors (Lipinski definition) is 4. The first-order valence-corrected chi connectivity index (χ1v) is 7.44. The van der Waals surface area contributed by atoms with Crippen molar-refractivity contribution in [2.24, 2.45) is 5.92 Å². The third-order valence-electron chi connectivity index (χ3n) is 3.51. The van der Waals surface area contributed by atoms with Crippen molar-refractivity contribution >= 4 is 22.9 Å². The van der Waals surface area contributed by atoms with Crippen LogP contribution in [0.1, 0.15) is 12.1 Å². The molecule has 0 aliphatic carbocycles. The van der Waals surface area contributed by atoms with Crippen LogP contribution in [-0.2, 0) is 11.3 Å². The van der Waals surface area contributed by atoms with Gasteiger partial charge in [-0.2, -0.15) is 5.26 Å². The van der Waals surface area contributed by atoms with Gasteiger partial charge >= 0.3 is 12.0 Å². The fourth-order valence-corrected chi connectivity index (χ4v) is 2.23. The monoisotopic (exact) mass is 326 g/mol. The normalized spacial score (nSPS) is 11.5. The van der Waals surface area contributed by atoms with Gasteiger partial charge in [0.1, 0.15) is 0 Å². The maximum atomic E-state index is 12.0. The van der Waals surface area contributed by atoms with E-state index in [0.29, 0.717) is 6.54 Å². The van der Waals surface area contributed by atoms with Crippen LogP contribution in [0.3, 0.4) is 0 Å². The highest BCUT2D eigenvalue weighted by Gasteiger charge is 2.15. The van der Waals surface area contributed by atoms with Gasteiger partial charge < -0.3 is 15.3 Å². The van der Waals surface area contributed by atoms with E-state index in [9.17, 15) is 9.59 Å².